The molecule has 2 atom stereocenters. The molecule has 1 saturated heterocycles. The van der Waals surface area contributed by atoms with Gasteiger partial charge in [0.1, 0.15) is 0 Å². The number of benzene rings is 1. The Balaban J connectivity index is 2.03. The van der Waals surface area contributed by atoms with Crippen molar-refractivity contribution >= 4 is 21.7 Å². The number of rotatable bonds is 4. The predicted molar refractivity (Wildman–Crippen MR) is 86.2 cm³/mol. The summed E-state index contributed by atoms with van der Waals surface area (Å²) in [5, 5.41) is 0. The lowest BCUT2D eigenvalue weighted by molar-refractivity contribution is 0.0709. The van der Waals surface area contributed by atoms with E-state index in [0.717, 1.165) is 16.6 Å². The highest BCUT2D eigenvalue weighted by molar-refractivity contribution is 9.10. The molecule has 0 amide bonds. The molecule has 2 rings (SSSR count). The van der Waals surface area contributed by atoms with Gasteiger partial charge >= 0.3 is 0 Å². The first-order valence-corrected chi connectivity index (χ1v) is 7.98. The second-order valence-electron chi connectivity index (χ2n) is 5.77. The summed E-state index contributed by atoms with van der Waals surface area (Å²) < 4.78 is 1.00. The first kappa shape index (κ1) is 15.7. The van der Waals surface area contributed by atoms with Crippen molar-refractivity contribution in [2.75, 3.05) is 27.2 Å². The summed E-state index contributed by atoms with van der Waals surface area (Å²) in [5.41, 5.74) is 0.789. The van der Waals surface area contributed by atoms with Crippen molar-refractivity contribution < 1.29 is 4.79 Å². The fraction of sp³-hybridized carbons (Fsp3) is 0.562. The van der Waals surface area contributed by atoms with Crippen molar-refractivity contribution in [2.24, 2.45) is 0 Å². The highest BCUT2D eigenvalue weighted by atomic mass is 79.9. The van der Waals surface area contributed by atoms with Gasteiger partial charge in [-0.05, 0) is 52.5 Å². The minimum atomic E-state index is -0.0762. The lowest BCUT2D eigenvalue weighted by Gasteiger charge is -2.38. The van der Waals surface area contributed by atoms with E-state index in [2.05, 4.69) is 39.8 Å². The first-order valence-electron chi connectivity index (χ1n) is 7.19. The molecule has 0 aliphatic carbocycles. The van der Waals surface area contributed by atoms with Gasteiger partial charge in [0.15, 0.2) is 5.78 Å². The van der Waals surface area contributed by atoms with E-state index in [1.807, 2.05) is 31.2 Å². The van der Waals surface area contributed by atoms with E-state index in [4.69, 9.17) is 0 Å². The molecule has 20 heavy (non-hydrogen) atoms. The SMILES string of the molecule is CC(C(=O)c1ccc(Br)cc1)N(C)C1CCCN(C)C1. The van der Waals surface area contributed by atoms with Crippen LogP contribution < -0.4 is 0 Å². The Labute approximate surface area is 130 Å². The van der Waals surface area contributed by atoms with E-state index in [-0.39, 0.29) is 11.8 Å². The number of likely N-dealkylation sites (N-methyl/N-ethyl adjacent to an activating group) is 2. The molecule has 0 bridgehead atoms. The van der Waals surface area contributed by atoms with E-state index < -0.39 is 0 Å². The number of hydrogen-bond acceptors (Lipinski definition) is 3. The van der Waals surface area contributed by atoms with Crippen LogP contribution >= 0.6 is 15.9 Å². The zero-order valence-corrected chi connectivity index (χ0v) is 14.1. The second kappa shape index (κ2) is 6.83. The highest BCUT2D eigenvalue weighted by Gasteiger charge is 2.28. The summed E-state index contributed by atoms with van der Waals surface area (Å²) >= 11 is 3.40. The standard InChI is InChI=1S/C16H23BrN2O/c1-12(16(20)13-6-8-14(17)9-7-13)19(3)15-5-4-10-18(2)11-15/h6-9,12,15H,4-5,10-11H2,1-3H3. The van der Waals surface area contributed by atoms with E-state index >= 15 is 0 Å². The van der Waals surface area contributed by atoms with Gasteiger partial charge < -0.3 is 4.90 Å². The number of Topliss-reactive ketones (excluding diaryl/α,β-unsaturated/α-hetero) is 1. The van der Waals surface area contributed by atoms with Crippen LogP contribution in [0.4, 0.5) is 0 Å². The van der Waals surface area contributed by atoms with Gasteiger partial charge in [-0.15, -0.1) is 0 Å². The fourth-order valence-electron chi connectivity index (χ4n) is 2.83. The Bertz CT molecular complexity index is 460. The van der Waals surface area contributed by atoms with Crippen LogP contribution in [-0.4, -0.2) is 54.9 Å². The van der Waals surface area contributed by atoms with Crippen LogP contribution in [0.1, 0.15) is 30.1 Å². The molecule has 1 aromatic rings. The molecule has 3 nitrogen and oxygen atoms in total. The van der Waals surface area contributed by atoms with Crippen LogP contribution in [0.2, 0.25) is 0 Å². The van der Waals surface area contributed by atoms with E-state index in [1.54, 1.807) is 0 Å². The molecule has 0 radical (unpaired) electrons. The summed E-state index contributed by atoms with van der Waals surface area (Å²) in [6, 6.07) is 8.03. The van der Waals surface area contributed by atoms with Gasteiger partial charge in [0.2, 0.25) is 0 Å². The molecule has 0 N–H and O–H groups in total. The smallest absolute Gasteiger partial charge is 0.179 e. The molecule has 1 fully saturated rings. The number of likely N-dealkylation sites (tertiary alicyclic amines) is 1. The van der Waals surface area contributed by atoms with Crippen LogP contribution in [0.5, 0.6) is 0 Å². The number of hydrogen-bond donors (Lipinski definition) is 0. The van der Waals surface area contributed by atoms with Gasteiger partial charge in [-0.2, -0.15) is 0 Å². The molecule has 1 heterocycles. The molecule has 0 aromatic heterocycles. The molecule has 0 saturated carbocycles. The van der Waals surface area contributed by atoms with Crippen molar-refractivity contribution in [1.29, 1.82) is 0 Å². The number of carbonyl (C=O) groups excluding carboxylic acids is 1. The van der Waals surface area contributed by atoms with Crippen molar-refractivity contribution in [3.8, 4) is 0 Å². The maximum atomic E-state index is 12.6. The van der Waals surface area contributed by atoms with Crippen LogP contribution in [0.3, 0.4) is 0 Å². The molecule has 4 heteroatoms. The monoisotopic (exact) mass is 338 g/mol. The molecule has 1 aromatic carbocycles. The fourth-order valence-corrected chi connectivity index (χ4v) is 3.09. The lowest BCUT2D eigenvalue weighted by atomic mass is 9.99. The van der Waals surface area contributed by atoms with Crippen LogP contribution in [0.15, 0.2) is 28.7 Å². The molecule has 2 unspecified atom stereocenters. The third kappa shape index (κ3) is 3.68. The molecule has 1 aliphatic heterocycles. The Hall–Kier alpha value is -0.710. The Morgan fingerprint density at radius 1 is 1.40 bits per heavy atom. The van der Waals surface area contributed by atoms with Crippen LogP contribution in [0.25, 0.3) is 0 Å². The summed E-state index contributed by atoms with van der Waals surface area (Å²) in [4.78, 5) is 17.1. The lowest BCUT2D eigenvalue weighted by Crippen LogP contribution is -2.50. The Morgan fingerprint density at radius 3 is 2.65 bits per heavy atom. The molecular weight excluding hydrogens is 316 g/mol. The molecule has 110 valence electrons. The summed E-state index contributed by atoms with van der Waals surface area (Å²) in [6.07, 6.45) is 2.39. The van der Waals surface area contributed by atoms with Gasteiger partial charge in [-0.1, -0.05) is 28.1 Å². The van der Waals surface area contributed by atoms with Gasteiger partial charge in [0.25, 0.3) is 0 Å². The van der Waals surface area contributed by atoms with Crippen LogP contribution in [0, 0.1) is 0 Å². The van der Waals surface area contributed by atoms with Gasteiger partial charge in [0, 0.05) is 22.6 Å². The first-order chi connectivity index (χ1) is 9.49. The number of carbonyl (C=O) groups is 1. The largest absolute Gasteiger partial charge is 0.305 e. The average Bonchev–Trinajstić information content (AvgIpc) is 2.46. The van der Waals surface area contributed by atoms with Gasteiger partial charge in [0.05, 0.1) is 6.04 Å². The highest BCUT2D eigenvalue weighted by Crippen LogP contribution is 2.18. The third-order valence-corrected chi connectivity index (χ3v) is 4.82. The maximum absolute atomic E-state index is 12.6. The topological polar surface area (TPSA) is 23.6 Å². The Morgan fingerprint density at radius 2 is 2.05 bits per heavy atom. The minimum absolute atomic E-state index is 0.0762. The second-order valence-corrected chi connectivity index (χ2v) is 6.69. The predicted octanol–water partition coefficient (Wildman–Crippen LogP) is 3.05. The zero-order chi connectivity index (χ0) is 14.7. The molecule has 0 spiro atoms. The van der Waals surface area contributed by atoms with Gasteiger partial charge in [-0.3, -0.25) is 9.69 Å². The van der Waals surface area contributed by atoms with Crippen molar-refractivity contribution in [3.63, 3.8) is 0 Å². The number of ketones is 1. The third-order valence-electron chi connectivity index (χ3n) is 4.29. The van der Waals surface area contributed by atoms with Crippen molar-refractivity contribution in [3.05, 3.63) is 34.3 Å². The number of halogens is 1. The maximum Gasteiger partial charge on any atom is 0.179 e. The van der Waals surface area contributed by atoms with Crippen LogP contribution in [-0.2, 0) is 0 Å². The molecule has 1 aliphatic rings. The van der Waals surface area contributed by atoms with E-state index in [1.165, 1.54) is 19.4 Å². The minimum Gasteiger partial charge on any atom is -0.305 e. The number of piperidine rings is 1. The summed E-state index contributed by atoms with van der Waals surface area (Å²) in [7, 11) is 4.23. The van der Waals surface area contributed by atoms with Gasteiger partial charge in [-0.25, -0.2) is 0 Å². The van der Waals surface area contributed by atoms with Crippen molar-refractivity contribution in [1.82, 2.24) is 9.80 Å². The Kier molecular flexibility index (Phi) is 5.35. The summed E-state index contributed by atoms with van der Waals surface area (Å²) in [6.45, 7) is 4.23. The van der Waals surface area contributed by atoms with Crippen molar-refractivity contribution in [2.45, 2.75) is 31.8 Å². The quantitative estimate of drug-likeness (QED) is 0.788. The normalized spacial score (nSPS) is 21.9. The summed E-state index contributed by atoms with van der Waals surface area (Å²) in [5.74, 6) is 0.202. The number of nitrogens with zero attached hydrogens (tertiary/aromatic N) is 2. The average molecular weight is 339 g/mol. The zero-order valence-electron chi connectivity index (χ0n) is 12.5. The van der Waals surface area contributed by atoms with E-state index in [0.29, 0.717) is 6.04 Å². The van der Waals surface area contributed by atoms with E-state index in [9.17, 15) is 4.79 Å². The molecular formula is C16H23BrN2O.